The number of benzene rings is 2. The second-order valence-electron chi connectivity index (χ2n) is 26.1. The van der Waals surface area contributed by atoms with Gasteiger partial charge in [0, 0.05) is 0 Å². The van der Waals surface area contributed by atoms with E-state index in [-0.39, 0.29) is 0 Å². The molecule has 0 bridgehead atoms. The molecule has 6 heteroatoms. The summed E-state index contributed by atoms with van der Waals surface area (Å²) < 4.78 is 2.76. The second kappa shape index (κ2) is 24.1. The van der Waals surface area contributed by atoms with Gasteiger partial charge >= 0.3 is 149 Å². The molecule has 0 heterocycles. The fourth-order valence-corrected chi connectivity index (χ4v) is 33.3. The maximum atomic E-state index is 2.40. The molecular weight excluding hydrogens is 939 g/mol. The van der Waals surface area contributed by atoms with Crippen LogP contribution in [0.1, 0.15) is 209 Å². The van der Waals surface area contributed by atoms with E-state index in [1.165, 1.54) is 31.1 Å². The van der Waals surface area contributed by atoms with Crippen molar-refractivity contribution < 1.29 is 0 Å². The molecule has 0 N–H and O–H groups in total. The first-order valence-electron chi connectivity index (χ1n) is 22.1. The summed E-state index contributed by atoms with van der Waals surface area (Å²) >= 11 is 6.35. The second-order valence-corrected chi connectivity index (χ2v) is 44.6. The van der Waals surface area contributed by atoms with E-state index < -0.39 is 26.4 Å². The van der Waals surface area contributed by atoms with Crippen molar-refractivity contribution in [2.45, 2.75) is 253 Å². The Morgan fingerprint density at radius 2 is 0.610 bits per heavy atom. The van der Waals surface area contributed by atoms with Gasteiger partial charge in [-0.05, 0) is 45.3 Å². The fourth-order valence-electron chi connectivity index (χ4n) is 12.0. The zero-order valence-electron chi connectivity index (χ0n) is 45.1. The number of hydrogen-bond donors (Lipinski definition) is 0. The zero-order valence-corrected chi connectivity index (χ0v) is 54.4. The minimum absolute atomic E-state index is 0.391. The Morgan fingerprint density at radius 1 is 0.407 bits per heavy atom. The molecule has 0 amide bonds. The molecule has 0 fully saturated rings. The molecule has 0 aliphatic rings. The van der Waals surface area contributed by atoms with E-state index >= 15 is 0 Å². The number of hydrogen-bond acceptors (Lipinski definition) is 0. The summed E-state index contributed by atoms with van der Waals surface area (Å²) in [6, 6.07) is 14.8. The third kappa shape index (κ3) is 26.1. The quantitative estimate of drug-likeness (QED) is 0.250. The van der Waals surface area contributed by atoms with E-state index in [1.807, 2.05) is 6.07 Å². The van der Waals surface area contributed by atoms with E-state index in [2.05, 4.69) is 299 Å². The van der Waals surface area contributed by atoms with Crippen LogP contribution in [-0.2, 0) is 0 Å². The van der Waals surface area contributed by atoms with Crippen molar-refractivity contribution in [2.75, 3.05) is 0 Å². The van der Waals surface area contributed by atoms with Crippen LogP contribution in [0.5, 0.6) is 0 Å². The van der Waals surface area contributed by atoms with Crippen molar-refractivity contribution >= 4 is 84.7 Å². The van der Waals surface area contributed by atoms with Gasteiger partial charge in [0.25, 0.3) is 0 Å². The summed E-state index contributed by atoms with van der Waals surface area (Å²) in [6.45, 7) is 71.3. The number of aryl methyl sites for hydroxylation is 3. The van der Waals surface area contributed by atoms with Gasteiger partial charge in [0.1, 0.15) is 0 Å². The van der Waals surface area contributed by atoms with Crippen LogP contribution in [0.25, 0.3) is 4.41 Å². The van der Waals surface area contributed by atoms with Crippen LogP contribution in [-0.4, -0.2) is 75.9 Å². The Balaban J connectivity index is -0.000000667. The van der Waals surface area contributed by atoms with Crippen molar-refractivity contribution in [3.8, 4) is 0 Å². The minimum atomic E-state index is -0.391. The van der Waals surface area contributed by atoms with E-state index in [4.69, 9.17) is 0 Å². The van der Waals surface area contributed by atoms with Crippen molar-refractivity contribution in [3.05, 3.63) is 69.6 Å². The average Bonchev–Trinajstić information content (AvgIpc) is 2.89. The summed E-state index contributed by atoms with van der Waals surface area (Å²) in [6.07, 6.45) is 0. The summed E-state index contributed by atoms with van der Waals surface area (Å²) in [7, 11) is -1.17. The third-order valence-electron chi connectivity index (χ3n) is 9.66. The summed E-state index contributed by atoms with van der Waals surface area (Å²) in [4.78, 5) is 2.12. The summed E-state index contributed by atoms with van der Waals surface area (Å²) in [5.74, 6) is 0. The first-order valence-corrected chi connectivity index (χ1v) is 30.0. The van der Waals surface area contributed by atoms with Gasteiger partial charge in [-0.15, -0.1) is 0 Å². The summed E-state index contributed by atoms with van der Waals surface area (Å²) in [5.41, 5.74) is 5.47. The predicted octanol–water partition coefficient (Wildman–Crippen LogP) is 17.4. The van der Waals surface area contributed by atoms with Gasteiger partial charge in [-0.3, -0.25) is 0 Å². The van der Waals surface area contributed by atoms with E-state index in [1.54, 1.807) is 0 Å². The maximum absolute atomic E-state index is 2.40. The molecular formula is C53H98Ge3Si3. The molecule has 2 aromatic rings. The SMILES string of the molecule is CC(C)(C)[Si](C(C)(C)C)C(C)(C)C.CC(C)(C)[Si](C(C)(C)C)C(C)(C)C.CC(C)(C)[Si](C(C)(C)C)C(C)(C)C.Cc1cc(C)[c]([Ge])c(C)c1.[Ge]/[CH]=[C](\[Ge])c1ccccc1. The molecule has 2 aromatic carbocycles. The van der Waals surface area contributed by atoms with Gasteiger partial charge in [0.15, 0.2) is 0 Å². The van der Waals surface area contributed by atoms with E-state index in [0.717, 1.165) is 0 Å². The molecule has 59 heavy (non-hydrogen) atoms. The molecule has 0 atom stereocenters. The monoisotopic (exact) mass is 1040 g/mol. The average molecular weight is 1040 g/mol. The Hall–Kier alpha value is 0.459. The predicted molar refractivity (Wildman–Crippen MR) is 287 cm³/mol. The standard InChI is InChI=1S/3C12H27Si.C9H11Ge.C8H6Ge2/c3*1-10(2,3)13(11(4,5)6)12(7,8)9;1-6-4-7(2)9(10)8(3)5-6;9-6-8(10)7-4-2-1-3-5-7/h3*1-9H3;4-5H,1-3H3;1-6H/b;;;;8-6-. The van der Waals surface area contributed by atoms with Crippen LogP contribution in [0.4, 0.5) is 0 Å². The van der Waals surface area contributed by atoms with E-state index in [9.17, 15) is 0 Å². The van der Waals surface area contributed by atoms with Crippen LogP contribution in [0, 0.1) is 20.8 Å². The molecule has 0 spiro atoms. The van der Waals surface area contributed by atoms with Crippen LogP contribution in [0.15, 0.2) is 47.4 Å². The molecule has 0 nitrogen and oxygen atoms in total. The Labute approximate surface area is 404 Å². The van der Waals surface area contributed by atoms with Crippen molar-refractivity contribution in [1.29, 1.82) is 0 Å². The molecule has 334 valence electrons. The van der Waals surface area contributed by atoms with Crippen LogP contribution < -0.4 is 4.40 Å². The number of rotatable bonds is 1. The van der Waals surface area contributed by atoms with Gasteiger partial charge in [-0.25, -0.2) is 0 Å². The van der Waals surface area contributed by atoms with Gasteiger partial charge in [-0.1, -0.05) is 187 Å². The Morgan fingerprint density at radius 3 is 0.763 bits per heavy atom. The fraction of sp³-hybridized carbons (Fsp3) is 0.736. The zero-order chi connectivity index (χ0) is 48.4. The van der Waals surface area contributed by atoms with Gasteiger partial charge in [-0.2, -0.15) is 0 Å². The molecule has 0 aliphatic heterocycles. The molecule has 0 saturated carbocycles. The molecule has 0 aliphatic carbocycles. The van der Waals surface area contributed by atoms with Crippen LogP contribution in [0.3, 0.4) is 0 Å². The Kier molecular flexibility index (Phi) is 26.1. The molecule has 0 unspecified atom stereocenters. The third-order valence-corrected chi connectivity index (χ3v) is 27.6. The van der Waals surface area contributed by atoms with Crippen molar-refractivity contribution in [1.82, 2.24) is 0 Å². The molecule has 0 saturated heterocycles. The van der Waals surface area contributed by atoms with Crippen LogP contribution in [0.2, 0.25) is 45.3 Å². The normalized spacial score (nSPS) is 13.7. The summed E-state index contributed by atoms with van der Waals surface area (Å²) in [5, 5.41) is 4.39. The molecule has 0 aromatic heterocycles. The Bertz CT molecular complexity index is 1290. The van der Waals surface area contributed by atoms with Gasteiger partial charge in [0.05, 0.1) is 26.4 Å². The topological polar surface area (TPSA) is 0 Å². The molecule has 2 rings (SSSR count). The first-order chi connectivity index (χ1) is 25.5. The van der Waals surface area contributed by atoms with Crippen molar-refractivity contribution in [3.63, 3.8) is 0 Å². The van der Waals surface area contributed by atoms with E-state index in [0.29, 0.717) is 45.3 Å². The van der Waals surface area contributed by atoms with Crippen molar-refractivity contribution in [2.24, 2.45) is 0 Å². The van der Waals surface area contributed by atoms with Gasteiger partial charge in [0.2, 0.25) is 0 Å². The van der Waals surface area contributed by atoms with Gasteiger partial charge < -0.3 is 0 Å². The molecule has 12 radical (unpaired) electrons. The van der Waals surface area contributed by atoms with Crippen LogP contribution >= 0.6 is 0 Å². The first kappa shape index (κ1) is 63.7.